The number of aromatic nitrogens is 2. The SMILES string of the molecule is Cc1nc(C2CSCCN2C)ncc1[C@H](C)N. The zero-order valence-corrected chi connectivity index (χ0v) is 11.5. The smallest absolute Gasteiger partial charge is 0.146 e. The van der Waals surface area contributed by atoms with Crippen LogP contribution in [0.3, 0.4) is 0 Å². The predicted molar refractivity (Wildman–Crippen MR) is 72.1 cm³/mol. The molecule has 1 aromatic heterocycles. The number of nitrogens with zero attached hydrogens (tertiary/aromatic N) is 3. The topological polar surface area (TPSA) is 55.0 Å². The Morgan fingerprint density at radius 3 is 2.94 bits per heavy atom. The van der Waals surface area contributed by atoms with Crippen molar-refractivity contribution in [2.24, 2.45) is 5.73 Å². The van der Waals surface area contributed by atoms with Gasteiger partial charge in [0, 0.05) is 41.5 Å². The quantitative estimate of drug-likeness (QED) is 0.865. The van der Waals surface area contributed by atoms with E-state index in [-0.39, 0.29) is 6.04 Å². The fourth-order valence-corrected chi connectivity index (χ4v) is 3.27. The van der Waals surface area contributed by atoms with Gasteiger partial charge in [-0.05, 0) is 20.9 Å². The van der Waals surface area contributed by atoms with E-state index >= 15 is 0 Å². The molecule has 1 aromatic rings. The number of aryl methyl sites for hydroxylation is 1. The summed E-state index contributed by atoms with van der Waals surface area (Å²) in [5.74, 6) is 3.21. The van der Waals surface area contributed by atoms with E-state index in [2.05, 4.69) is 21.9 Å². The molecule has 2 N–H and O–H groups in total. The van der Waals surface area contributed by atoms with E-state index in [0.717, 1.165) is 29.4 Å². The summed E-state index contributed by atoms with van der Waals surface area (Å²) in [6.45, 7) is 5.08. The molecule has 2 rings (SSSR count). The first-order valence-electron chi connectivity index (χ1n) is 5.96. The van der Waals surface area contributed by atoms with Crippen molar-refractivity contribution < 1.29 is 0 Å². The van der Waals surface area contributed by atoms with Crippen molar-refractivity contribution in [3.05, 3.63) is 23.3 Å². The van der Waals surface area contributed by atoms with Crippen LogP contribution in [0.25, 0.3) is 0 Å². The lowest BCUT2D eigenvalue weighted by molar-refractivity contribution is 0.264. The molecule has 0 aromatic carbocycles. The summed E-state index contributed by atoms with van der Waals surface area (Å²) >= 11 is 1.97. The van der Waals surface area contributed by atoms with Gasteiger partial charge in [-0.2, -0.15) is 11.8 Å². The Balaban J connectivity index is 2.24. The molecule has 0 radical (unpaired) electrons. The number of thioether (sulfide) groups is 1. The molecular formula is C12H20N4S. The Hall–Kier alpha value is -0.650. The van der Waals surface area contributed by atoms with Crippen LogP contribution in [0.5, 0.6) is 0 Å². The summed E-state index contributed by atoms with van der Waals surface area (Å²) < 4.78 is 0. The highest BCUT2D eigenvalue weighted by Crippen LogP contribution is 2.26. The maximum absolute atomic E-state index is 5.88. The molecule has 0 bridgehead atoms. The van der Waals surface area contributed by atoms with Gasteiger partial charge in [0.1, 0.15) is 5.82 Å². The van der Waals surface area contributed by atoms with E-state index in [1.807, 2.05) is 31.8 Å². The monoisotopic (exact) mass is 252 g/mol. The lowest BCUT2D eigenvalue weighted by atomic mass is 10.1. The van der Waals surface area contributed by atoms with Crippen molar-refractivity contribution in [3.8, 4) is 0 Å². The van der Waals surface area contributed by atoms with E-state index in [1.54, 1.807) is 0 Å². The van der Waals surface area contributed by atoms with Crippen molar-refractivity contribution in [1.82, 2.24) is 14.9 Å². The lowest BCUT2D eigenvalue weighted by Gasteiger charge is -2.31. The largest absolute Gasteiger partial charge is 0.324 e. The molecule has 1 aliphatic heterocycles. The third-order valence-corrected chi connectivity index (χ3v) is 4.24. The number of hydrogen-bond donors (Lipinski definition) is 1. The van der Waals surface area contributed by atoms with E-state index in [9.17, 15) is 0 Å². The first kappa shape index (κ1) is 12.8. The van der Waals surface area contributed by atoms with Gasteiger partial charge >= 0.3 is 0 Å². The van der Waals surface area contributed by atoms with Gasteiger partial charge in [-0.25, -0.2) is 9.97 Å². The molecule has 1 aliphatic rings. The normalized spacial score (nSPS) is 23.6. The van der Waals surface area contributed by atoms with Gasteiger partial charge < -0.3 is 5.73 Å². The zero-order valence-electron chi connectivity index (χ0n) is 10.7. The molecule has 94 valence electrons. The minimum atomic E-state index is 0.00232. The van der Waals surface area contributed by atoms with Gasteiger partial charge in [-0.3, -0.25) is 4.90 Å². The molecule has 5 heteroatoms. The third kappa shape index (κ3) is 2.78. The fourth-order valence-electron chi connectivity index (χ4n) is 2.06. The molecule has 1 fully saturated rings. The lowest BCUT2D eigenvalue weighted by Crippen LogP contribution is -2.34. The second kappa shape index (κ2) is 5.33. The summed E-state index contributed by atoms with van der Waals surface area (Å²) in [6, 6.07) is 0.345. The molecular weight excluding hydrogens is 232 g/mol. The van der Waals surface area contributed by atoms with Crippen LogP contribution in [0.2, 0.25) is 0 Å². The molecule has 2 atom stereocenters. The highest BCUT2D eigenvalue weighted by Gasteiger charge is 2.24. The average Bonchev–Trinajstić information content (AvgIpc) is 2.29. The Labute approximate surface area is 107 Å². The molecule has 0 amide bonds. The molecule has 1 saturated heterocycles. The van der Waals surface area contributed by atoms with Crippen LogP contribution >= 0.6 is 11.8 Å². The van der Waals surface area contributed by atoms with Crippen LogP contribution in [0.1, 0.15) is 36.1 Å². The van der Waals surface area contributed by atoms with Crippen molar-refractivity contribution >= 4 is 11.8 Å². The molecule has 0 saturated carbocycles. The number of hydrogen-bond acceptors (Lipinski definition) is 5. The van der Waals surface area contributed by atoms with Crippen molar-refractivity contribution in [3.63, 3.8) is 0 Å². The summed E-state index contributed by atoms with van der Waals surface area (Å²) in [5.41, 5.74) is 7.93. The van der Waals surface area contributed by atoms with Crippen LogP contribution in [0.4, 0.5) is 0 Å². The Morgan fingerprint density at radius 2 is 2.35 bits per heavy atom. The molecule has 4 nitrogen and oxygen atoms in total. The molecule has 0 aliphatic carbocycles. The minimum Gasteiger partial charge on any atom is -0.324 e. The second-order valence-corrected chi connectivity index (χ2v) is 5.78. The van der Waals surface area contributed by atoms with Gasteiger partial charge in [-0.15, -0.1) is 0 Å². The van der Waals surface area contributed by atoms with Gasteiger partial charge in [0.2, 0.25) is 0 Å². The van der Waals surface area contributed by atoms with Gasteiger partial charge in [0.25, 0.3) is 0 Å². The third-order valence-electron chi connectivity index (χ3n) is 3.22. The van der Waals surface area contributed by atoms with Crippen molar-refractivity contribution in [2.45, 2.75) is 25.9 Å². The number of rotatable bonds is 2. The Bertz CT molecular complexity index is 394. The summed E-state index contributed by atoms with van der Waals surface area (Å²) in [4.78, 5) is 11.4. The van der Waals surface area contributed by atoms with Gasteiger partial charge in [0.15, 0.2) is 0 Å². The molecule has 0 spiro atoms. The Morgan fingerprint density at radius 1 is 1.59 bits per heavy atom. The van der Waals surface area contributed by atoms with E-state index in [1.165, 1.54) is 5.75 Å². The van der Waals surface area contributed by atoms with E-state index in [4.69, 9.17) is 5.73 Å². The fraction of sp³-hybridized carbons (Fsp3) is 0.667. The number of nitrogens with two attached hydrogens (primary N) is 1. The maximum Gasteiger partial charge on any atom is 0.146 e. The van der Waals surface area contributed by atoms with Crippen LogP contribution in [-0.2, 0) is 0 Å². The highest BCUT2D eigenvalue weighted by atomic mass is 32.2. The zero-order chi connectivity index (χ0) is 12.4. The highest BCUT2D eigenvalue weighted by molar-refractivity contribution is 7.99. The van der Waals surface area contributed by atoms with Crippen LogP contribution in [0, 0.1) is 6.92 Å². The molecule has 2 heterocycles. The average molecular weight is 252 g/mol. The van der Waals surface area contributed by atoms with Crippen LogP contribution < -0.4 is 5.73 Å². The van der Waals surface area contributed by atoms with Crippen molar-refractivity contribution in [2.75, 3.05) is 25.1 Å². The molecule has 17 heavy (non-hydrogen) atoms. The maximum atomic E-state index is 5.88. The van der Waals surface area contributed by atoms with Gasteiger partial charge in [0.05, 0.1) is 6.04 Å². The standard InChI is InChI=1S/C12H20N4S/c1-8(13)10-6-14-12(15-9(10)2)11-7-17-5-4-16(11)3/h6,8,11H,4-5,7,13H2,1-3H3/t8-,11?/m0/s1. The summed E-state index contributed by atoms with van der Waals surface area (Å²) in [6.07, 6.45) is 1.88. The van der Waals surface area contributed by atoms with Gasteiger partial charge in [-0.1, -0.05) is 0 Å². The summed E-state index contributed by atoms with van der Waals surface area (Å²) in [7, 11) is 2.14. The first-order chi connectivity index (χ1) is 8.09. The second-order valence-electron chi connectivity index (χ2n) is 4.63. The first-order valence-corrected chi connectivity index (χ1v) is 7.12. The Kier molecular flexibility index (Phi) is 4.01. The van der Waals surface area contributed by atoms with E-state index < -0.39 is 0 Å². The van der Waals surface area contributed by atoms with Crippen LogP contribution in [-0.4, -0.2) is 40.0 Å². The summed E-state index contributed by atoms with van der Waals surface area (Å²) in [5, 5.41) is 0. The predicted octanol–water partition coefficient (Wildman–Crippen LogP) is 1.52. The molecule has 1 unspecified atom stereocenters. The van der Waals surface area contributed by atoms with E-state index in [0.29, 0.717) is 6.04 Å². The van der Waals surface area contributed by atoms with Crippen molar-refractivity contribution in [1.29, 1.82) is 0 Å². The van der Waals surface area contributed by atoms with Crippen LogP contribution in [0.15, 0.2) is 6.20 Å². The minimum absolute atomic E-state index is 0.00232.